The second-order valence-corrected chi connectivity index (χ2v) is 5.23. The molecule has 0 saturated carbocycles. The molecular weight excluding hydrogens is 288 g/mol. The van der Waals surface area contributed by atoms with Crippen molar-refractivity contribution >= 4 is 11.7 Å². The molecule has 1 aromatic heterocycles. The summed E-state index contributed by atoms with van der Waals surface area (Å²) in [5, 5.41) is 2.88. The van der Waals surface area contributed by atoms with Crippen LogP contribution in [0, 0.1) is 0 Å². The van der Waals surface area contributed by atoms with Gasteiger partial charge in [0.1, 0.15) is 11.5 Å². The van der Waals surface area contributed by atoms with Crippen molar-refractivity contribution < 1.29 is 4.79 Å². The van der Waals surface area contributed by atoms with Crippen LogP contribution in [0.1, 0.15) is 37.7 Å². The summed E-state index contributed by atoms with van der Waals surface area (Å²) in [4.78, 5) is 23.5. The zero-order chi connectivity index (χ0) is 16.7. The van der Waals surface area contributed by atoms with Gasteiger partial charge in [-0.1, -0.05) is 37.3 Å². The van der Waals surface area contributed by atoms with Crippen LogP contribution >= 0.6 is 0 Å². The molecule has 5 nitrogen and oxygen atoms in total. The van der Waals surface area contributed by atoms with Gasteiger partial charge in [-0.25, -0.2) is 9.97 Å². The van der Waals surface area contributed by atoms with E-state index >= 15 is 0 Å². The Bertz CT molecular complexity index is 639. The Morgan fingerprint density at radius 3 is 2.39 bits per heavy atom. The second kappa shape index (κ2) is 8.27. The van der Waals surface area contributed by atoms with Crippen LogP contribution in [0.2, 0.25) is 0 Å². The Morgan fingerprint density at radius 1 is 1.09 bits per heavy atom. The number of carbonyl (C=O) groups excluding carboxylic acids is 1. The summed E-state index contributed by atoms with van der Waals surface area (Å²) in [6.45, 7) is 8.48. The van der Waals surface area contributed by atoms with E-state index in [1.165, 1.54) is 0 Å². The van der Waals surface area contributed by atoms with Crippen LogP contribution < -0.4 is 10.2 Å². The quantitative estimate of drug-likeness (QED) is 0.853. The molecule has 1 amide bonds. The smallest absolute Gasteiger partial charge is 0.270 e. The molecule has 0 spiro atoms. The monoisotopic (exact) mass is 312 g/mol. The summed E-state index contributed by atoms with van der Waals surface area (Å²) in [7, 11) is 0. The second-order valence-electron chi connectivity index (χ2n) is 5.23. The standard InChI is InChI=1S/C18H24N4O/c1-4-12-19-18(23)15-13-16(22(5-2)6-3)21-17(20-15)14-10-8-7-9-11-14/h7-11,13H,4-6,12H2,1-3H3,(H,19,23). The van der Waals surface area contributed by atoms with Crippen molar-refractivity contribution in [3.8, 4) is 11.4 Å². The maximum Gasteiger partial charge on any atom is 0.270 e. The van der Waals surface area contributed by atoms with Crippen LogP contribution in [-0.4, -0.2) is 35.5 Å². The number of nitrogens with one attached hydrogen (secondary N) is 1. The van der Waals surface area contributed by atoms with Gasteiger partial charge in [-0.15, -0.1) is 0 Å². The first-order valence-electron chi connectivity index (χ1n) is 8.17. The van der Waals surface area contributed by atoms with Crippen LogP contribution in [0.5, 0.6) is 0 Å². The molecule has 0 fully saturated rings. The SMILES string of the molecule is CCCNC(=O)c1cc(N(CC)CC)nc(-c2ccccc2)n1. The van der Waals surface area contributed by atoms with Crippen molar-refractivity contribution in [2.75, 3.05) is 24.5 Å². The molecule has 122 valence electrons. The highest BCUT2D eigenvalue weighted by Gasteiger charge is 2.15. The van der Waals surface area contributed by atoms with Gasteiger partial charge in [-0.3, -0.25) is 4.79 Å². The Morgan fingerprint density at radius 2 is 1.78 bits per heavy atom. The molecule has 23 heavy (non-hydrogen) atoms. The van der Waals surface area contributed by atoms with Gasteiger partial charge in [0, 0.05) is 31.3 Å². The van der Waals surface area contributed by atoms with Crippen molar-refractivity contribution in [3.05, 3.63) is 42.1 Å². The molecule has 2 rings (SSSR count). The number of amides is 1. The lowest BCUT2D eigenvalue weighted by molar-refractivity contribution is 0.0948. The average Bonchev–Trinajstić information content (AvgIpc) is 2.61. The molecular formula is C18H24N4O. The topological polar surface area (TPSA) is 58.1 Å². The summed E-state index contributed by atoms with van der Waals surface area (Å²) in [6.07, 6.45) is 0.894. The lowest BCUT2D eigenvalue weighted by Gasteiger charge is -2.21. The van der Waals surface area contributed by atoms with Gasteiger partial charge in [0.05, 0.1) is 0 Å². The molecule has 0 unspecified atom stereocenters. The van der Waals surface area contributed by atoms with Crippen LogP contribution in [-0.2, 0) is 0 Å². The van der Waals surface area contributed by atoms with Crippen LogP contribution in [0.25, 0.3) is 11.4 Å². The highest BCUT2D eigenvalue weighted by atomic mass is 16.1. The van der Waals surface area contributed by atoms with Gasteiger partial charge in [0.25, 0.3) is 5.91 Å². The minimum Gasteiger partial charge on any atom is -0.357 e. The molecule has 0 aliphatic carbocycles. The molecule has 2 aromatic rings. The highest BCUT2D eigenvalue weighted by Crippen LogP contribution is 2.20. The number of rotatable bonds is 7. The van der Waals surface area contributed by atoms with Crippen LogP contribution in [0.4, 0.5) is 5.82 Å². The predicted molar refractivity (Wildman–Crippen MR) is 93.7 cm³/mol. The first kappa shape index (κ1) is 16.9. The van der Waals surface area contributed by atoms with Crippen LogP contribution in [0.15, 0.2) is 36.4 Å². The van der Waals surface area contributed by atoms with Gasteiger partial charge < -0.3 is 10.2 Å². The van der Waals surface area contributed by atoms with Crippen molar-refractivity contribution in [2.45, 2.75) is 27.2 Å². The van der Waals surface area contributed by atoms with Crippen LogP contribution in [0.3, 0.4) is 0 Å². The summed E-state index contributed by atoms with van der Waals surface area (Å²) in [5.41, 5.74) is 1.32. The number of nitrogens with zero attached hydrogens (tertiary/aromatic N) is 3. The number of anilines is 1. The molecule has 0 atom stereocenters. The lowest BCUT2D eigenvalue weighted by atomic mass is 10.2. The Hall–Kier alpha value is -2.43. The van der Waals surface area contributed by atoms with E-state index in [0.29, 0.717) is 18.1 Å². The van der Waals surface area contributed by atoms with Crippen molar-refractivity contribution in [1.29, 1.82) is 0 Å². The van der Waals surface area contributed by atoms with Gasteiger partial charge in [-0.05, 0) is 20.3 Å². The molecule has 0 radical (unpaired) electrons. The van der Waals surface area contributed by atoms with Gasteiger partial charge in [0.2, 0.25) is 0 Å². The predicted octanol–water partition coefficient (Wildman–Crippen LogP) is 3.13. The third-order valence-electron chi connectivity index (χ3n) is 3.60. The van der Waals surface area contributed by atoms with E-state index in [9.17, 15) is 4.79 Å². The normalized spacial score (nSPS) is 10.4. The number of carbonyl (C=O) groups is 1. The Kier molecular flexibility index (Phi) is 6.09. The molecule has 0 aliphatic rings. The summed E-state index contributed by atoms with van der Waals surface area (Å²) < 4.78 is 0. The number of hydrogen-bond acceptors (Lipinski definition) is 4. The van der Waals surface area contributed by atoms with E-state index < -0.39 is 0 Å². The first-order valence-corrected chi connectivity index (χ1v) is 8.17. The van der Waals surface area contributed by atoms with Crippen molar-refractivity contribution in [2.24, 2.45) is 0 Å². The van der Waals surface area contributed by atoms with Gasteiger partial charge >= 0.3 is 0 Å². The zero-order valence-electron chi connectivity index (χ0n) is 14.0. The largest absolute Gasteiger partial charge is 0.357 e. The molecule has 1 heterocycles. The molecule has 0 bridgehead atoms. The maximum absolute atomic E-state index is 12.3. The molecule has 0 saturated heterocycles. The minimum atomic E-state index is -0.153. The third kappa shape index (κ3) is 4.28. The summed E-state index contributed by atoms with van der Waals surface area (Å²) in [5.74, 6) is 1.21. The van der Waals surface area contributed by atoms with Crippen molar-refractivity contribution in [1.82, 2.24) is 15.3 Å². The fourth-order valence-corrected chi connectivity index (χ4v) is 2.31. The maximum atomic E-state index is 12.3. The Balaban J connectivity index is 2.45. The zero-order valence-corrected chi connectivity index (χ0v) is 14.0. The highest BCUT2D eigenvalue weighted by molar-refractivity contribution is 5.93. The molecule has 5 heteroatoms. The number of aromatic nitrogens is 2. The molecule has 1 N–H and O–H groups in total. The Labute approximate surface area is 137 Å². The molecule has 1 aromatic carbocycles. The van der Waals surface area contributed by atoms with E-state index in [2.05, 4.69) is 34.0 Å². The molecule has 0 aliphatic heterocycles. The number of benzene rings is 1. The third-order valence-corrected chi connectivity index (χ3v) is 3.60. The van der Waals surface area contributed by atoms with Gasteiger partial charge in [0.15, 0.2) is 5.82 Å². The number of hydrogen-bond donors (Lipinski definition) is 1. The van der Waals surface area contributed by atoms with E-state index in [1.54, 1.807) is 6.07 Å². The van der Waals surface area contributed by atoms with E-state index in [-0.39, 0.29) is 5.91 Å². The van der Waals surface area contributed by atoms with E-state index in [1.807, 2.05) is 37.3 Å². The lowest BCUT2D eigenvalue weighted by Crippen LogP contribution is -2.27. The van der Waals surface area contributed by atoms with Crippen molar-refractivity contribution in [3.63, 3.8) is 0 Å². The van der Waals surface area contributed by atoms with Gasteiger partial charge in [-0.2, -0.15) is 0 Å². The fourth-order valence-electron chi connectivity index (χ4n) is 2.31. The van der Waals surface area contributed by atoms with E-state index in [0.717, 1.165) is 30.9 Å². The van der Waals surface area contributed by atoms with E-state index in [4.69, 9.17) is 0 Å². The summed E-state index contributed by atoms with van der Waals surface area (Å²) >= 11 is 0. The summed E-state index contributed by atoms with van der Waals surface area (Å²) in [6, 6.07) is 11.5. The minimum absolute atomic E-state index is 0.153. The average molecular weight is 312 g/mol. The fraction of sp³-hybridized carbons (Fsp3) is 0.389. The first-order chi connectivity index (χ1) is 11.2.